The van der Waals surface area contributed by atoms with Gasteiger partial charge in [0.1, 0.15) is 0 Å². The number of nitrogens with zero attached hydrogens (tertiary/aromatic N) is 4. The van der Waals surface area contributed by atoms with Crippen molar-refractivity contribution in [2.75, 3.05) is 30.0 Å². The van der Waals surface area contributed by atoms with Crippen LogP contribution >= 0.6 is 0 Å². The predicted octanol–water partition coefficient (Wildman–Crippen LogP) is 0.0948. The van der Waals surface area contributed by atoms with E-state index in [9.17, 15) is 21.6 Å². The molecular weight excluding hydrogens is 412 g/mol. The summed E-state index contributed by atoms with van der Waals surface area (Å²) in [7, 11) is -5.73. The molecule has 2 heterocycles. The third-order valence-corrected chi connectivity index (χ3v) is 5.80. The van der Waals surface area contributed by atoms with Crippen LogP contribution in [0.3, 0.4) is 0 Å². The molecule has 2 rings (SSSR count). The van der Waals surface area contributed by atoms with E-state index in [1.807, 2.05) is 0 Å². The van der Waals surface area contributed by atoms with Gasteiger partial charge in [0, 0.05) is 25.0 Å². The summed E-state index contributed by atoms with van der Waals surface area (Å²) in [4.78, 5) is 23.6. The van der Waals surface area contributed by atoms with E-state index in [4.69, 9.17) is 4.74 Å². The zero-order chi connectivity index (χ0) is 21.1. The second kappa shape index (κ2) is 7.93. The van der Waals surface area contributed by atoms with Crippen molar-refractivity contribution in [1.29, 1.82) is 0 Å². The summed E-state index contributed by atoms with van der Waals surface area (Å²) in [6.45, 7) is 1.63. The molecule has 0 bridgehead atoms. The average Bonchev–Trinajstić information content (AvgIpc) is 2.59. The number of sulfonamides is 2. The summed E-state index contributed by atoms with van der Waals surface area (Å²) in [5.74, 6) is -0.00788. The topological polar surface area (TPSA) is 161 Å². The van der Waals surface area contributed by atoms with E-state index in [0.717, 1.165) is 23.8 Å². The van der Waals surface area contributed by atoms with E-state index in [1.54, 1.807) is 11.6 Å². The van der Waals surface area contributed by atoms with Gasteiger partial charge in [-0.1, -0.05) is 0 Å². The van der Waals surface area contributed by atoms with Crippen LogP contribution in [0.25, 0.3) is 0 Å². The Balaban J connectivity index is 2.30. The first-order valence-electron chi connectivity index (χ1n) is 7.56. The van der Waals surface area contributed by atoms with Crippen LogP contribution in [0.5, 0.6) is 5.88 Å². The van der Waals surface area contributed by atoms with Crippen LogP contribution in [0.2, 0.25) is 0 Å². The minimum absolute atomic E-state index is 0.174. The van der Waals surface area contributed by atoms with E-state index in [2.05, 4.69) is 20.3 Å². The van der Waals surface area contributed by atoms with Gasteiger partial charge in [-0.25, -0.2) is 27.9 Å². The highest BCUT2D eigenvalue weighted by atomic mass is 32.2. The standard InChI is InChI=1S/C14H18N6O6S2/c1-9-8-11(26-3)17-13(16-9)18-14(21)19-28(24,25)12-10(6-5-7-15-12)20(2)27(4,22)23/h5-8H,1-4H3,(H2,16,17,18,19,21). The van der Waals surface area contributed by atoms with Gasteiger partial charge in [-0.05, 0) is 19.1 Å². The maximum absolute atomic E-state index is 12.6. The fourth-order valence-corrected chi connectivity index (χ4v) is 3.64. The molecule has 0 atom stereocenters. The molecule has 12 nitrogen and oxygen atoms in total. The lowest BCUT2D eigenvalue weighted by molar-refractivity contribution is 0.256. The van der Waals surface area contributed by atoms with E-state index < -0.39 is 31.1 Å². The minimum atomic E-state index is -4.51. The van der Waals surface area contributed by atoms with Gasteiger partial charge in [-0.15, -0.1) is 0 Å². The van der Waals surface area contributed by atoms with Crippen LogP contribution in [0, 0.1) is 6.92 Å². The first-order valence-corrected chi connectivity index (χ1v) is 10.9. The molecule has 14 heteroatoms. The number of hydrogen-bond donors (Lipinski definition) is 2. The average molecular weight is 430 g/mol. The number of pyridine rings is 1. The van der Waals surface area contributed by atoms with E-state index >= 15 is 0 Å². The molecule has 0 radical (unpaired) electrons. The number of urea groups is 1. The summed E-state index contributed by atoms with van der Waals surface area (Å²) < 4.78 is 56.0. The van der Waals surface area contributed by atoms with E-state index in [1.165, 1.54) is 25.3 Å². The fraction of sp³-hybridized carbons (Fsp3) is 0.286. The molecule has 2 N–H and O–H groups in total. The number of aromatic nitrogens is 3. The molecule has 152 valence electrons. The number of aryl methyl sites for hydroxylation is 1. The van der Waals surface area contributed by atoms with Crippen molar-refractivity contribution in [3.05, 3.63) is 30.1 Å². The summed E-state index contributed by atoms with van der Waals surface area (Å²) in [5.41, 5.74) is 0.255. The molecule has 0 fully saturated rings. The molecule has 0 spiro atoms. The van der Waals surface area contributed by atoms with Crippen molar-refractivity contribution in [2.24, 2.45) is 0 Å². The molecule has 2 amide bonds. The minimum Gasteiger partial charge on any atom is -0.481 e. The van der Waals surface area contributed by atoms with Crippen LogP contribution in [0.4, 0.5) is 16.4 Å². The second-order valence-electron chi connectivity index (χ2n) is 5.49. The Hall–Kier alpha value is -3.00. The molecule has 0 unspecified atom stereocenters. The summed E-state index contributed by atoms with van der Waals surface area (Å²) in [6, 6.07) is 2.96. The summed E-state index contributed by atoms with van der Waals surface area (Å²) >= 11 is 0. The summed E-state index contributed by atoms with van der Waals surface area (Å²) in [5, 5.41) is 1.53. The Morgan fingerprint density at radius 3 is 2.50 bits per heavy atom. The molecule has 0 saturated carbocycles. The number of carbonyl (C=O) groups excluding carboxylic acids is 1. The first-order chi connectivity index (χ1) is 12.9. The van der Waals surface area contributed by atoms with Gasteiger partial charge in [0.25, 0.3) is 10.0 Å². The van der Waals surface area contributed by atoms with Crippen LogP contribution < -0.4 is 19.1 Å². The maximum Gasteiger partial charge on any atom is 0.335 e. The number of rotatable bonds is 6. The number of ether oxygens (including phenoxy) is 1. The molecule has 0 aliphatic rings. The lowest BCUT2D eigenvalue weighted by atomic mass is 10.4. The number of amides is 2. The van der Waals surface area contributed by atoms with Gasteiger partial charge >= 0.3 is 6.03 Å². The molecule has 2 aromatic heterocycles. The van der Waals surface area contributed by atoms with Crippen molar-refractivity contribution >= 4 is 37.7 Å². The van der Waals surface area contributed by atoms with Crippen molar-refractivity contribution in [3.63, 3.8) is 0 Å². The lowest BCUT2D eigenvalue weighted by Crippen LogP contribution is -2.36. The highest BCUT2D eigenvalue weighted by Gasteiger charge is 2.27. The second-order valence-corrected chi connectivity index (χ2v) is 9.10. The SMILES string of the molecule is COc1cc(C)nc(NC(=O)NS(=O)(=O)c2ncccc2N(C)S(C)(=O)=O)n1. The van der Waals surface area contributed by atoms with Gasteiger partial charge < -0.3 is 4.74 Å². The number of anilines is 2. The number of nitrogens with one attached hydrogen (secondary N) is 2. The van der Waals surface area contributed by atoms with Crippen LogP contribution in [-0.2, 0) is 20.0 Å². The van der Waals surface area contributed by atoms with Gasteiger partial charge in [0.15, 0.2) is 0 Å². The third-order valence-electron chi connectivity index (χ3n) is 3.33. The smallest absolute Gasteiger partial charge is 0.335 e. The molecule has 0 aromatic carbocycles. The van der Waals surface area contributed by atoms with Crippen molar-refractivity contribution < 1.29 is 26.4 Å². The Morgan fingerprint density at radius 1 is 1.21 bits per heavy atom. The van der Waals surface area contributed by atoms with Crippen LogP contribution in [0.15, 0.2) is 29.4 Å². The molecule has 0 saturated heterocycles. The van der Waals surface area contributed by atoms with Gasteiger partial charge in [0.05, 0.1) is 19.1 Å². The largest absolute Gasteiger partial charge is 0.481 e. The summed E-state index contributed by atoms with van der Waals surface area (Å²) in [6.07, 6.45) is 2.06. The van der Waals surface area contributed by atoms with E-state index in [0.29, 0.717) is 5.69 Å². The first kappa shape index (κ1) is 21.3. The van der Waals surface area contributed by atoms with Crippen molar-refractivity contribution in [1.82, 2.24) is 19.7 Å². The zero-order valence-corrected chi connectivity index (χ0v) is 17.0. The van der Waals surface area contributed by atoms with E-state index in [-0.39, 0.29) is 17.5 Å². The Morgan fingerprint density at radius 2 is 1.89 bits per heavy atom. The molecular formula is C14H18N6O6S2. The quantitative estimate of drug-likeness (QED) is 0.647. The fourth-order valence-electron chi connectivity index (χ4n) is 2.01. The number of hydrogen-bond acceptors (Lipinski definition) is 9. The molecule has 2 aromatic rings. The number of carbonyl (C=O) groups is 1. The number of methoxy groups -OCH3 is 1. The van der Waals surface area contributed by atoms with Gasteiger partial charge in [-0.2, -0.15) is 13.4 Å². The molecule has 0 aliphatic heterocycles. The Labute approximate surface area is 162 Å². The Bertz CT molecular complexity index is 1100. The van der Waals surface area contributed by atoms with Crippen LogP contribution in [0.1, 0.15) is 5.69 Å². The van der Waals surface area contributed by atoms with Crippen molar-refractivity contribution in [2.45, 2.75) is 11.9 Å². The highest BCUT2D eigenvalue weighted by molar-refractivity contribution is 7.92. The van der Waals surface area contributed by atoms with Gasteiger partial charge in [0.2, 0.25) is 26.9 Å². The molecule has 0 aliphatic carbocycles. The van der Waals surface area contributed by atoms with Gasteiger partial charge in [-0.3, -0.25) is 9.62 Å². The normalized spacial score (nSPS) is 11.6. The predicted molar refractivity (Wildman–Crippen MR) is 100 cm³/mol. The van der Waals surface area contributed by atoms with Crippen LogP contribution in [-0.4, -0.2) is 58.2 Å². The maximum atomic E-state index is 12.6. The monoisotopic (exact) mass is 430 g/mol. The Kier molecular flexibility index (Phi) is 6.04. The lowest BCUT2D eigenvalue weighted by Gasteiger charge is -2.19. The van der Waals surface area contributed by atoms with Crippen molar-refractivity contribution in [3.8, 4) is 5.88 Å². The molecule has 28 heavy (non-hydrogen) atoms. The zero-order valence-electron chi connectivity index (χ0n) is 15.4. The third kappa shape index (κ3) is 5.04. The highest BCUT2D eigenvalue weighted by Crippen LogP contribution is 2.23.